The summed E-state index contributed by atoms with van der Waals surface area (Å²) in [5.74, 6) is -1.11. The molecule has 0 aliphatic heterocycles. The van der Waals surface area contributed by atoms with Gasteiger partial charge in [-0.3, -0.25) is 0 Å². The van der Waals surface area contributed by atoms with Crippen molar-refractivity contribution in [3.63, 3.8) is 0 Å². The number of nitrogens with zero attached hydrogens (tertiary/aromatic N) is 2. The second-order valence-electron chi connectivity index (χ2n) is 5.62. The molecule has 0 amide bonds. The first-order valence-electron chi connectivity index (χ1n) is 8.17. The lowest BCUT2D eigenvalue weighted by Crippen LogP contribution is -2.32. The second-order valence-corrected chi connectivity index (χ2v) is 7.56. The van der Waals surface area contributed by atoms with E-state index in [9.17, 15) is 17.6 Å². The van der Waals surface area contributed by atoms with Gasteiger partial charge in [-0.25, -0.2) is 22.6 Å². The molecule has 26 heavy (non-hydrogen) atoms. The van der Waals surface area contributed by atoms with Gasteiger partial charge in [0.15, 0.2) is 5.69 Å². The van der Waals surface area contributed by atoms with Crippen molar-refractivity contribution in [1.29, 1.82) is 0 Å². The molecule has 0 aliphatic carbocycles. The number of aromatic nitrogens is 1. The minimum absolute atomic E-state index is 0.0184. The Kier molecular flexibility index (Phi) is 6.87. The number of benzene rings is 1. The first kappa shape index (κ1) is 20.1. The van der Waals surface area contributed by atoms with Crippen LogP contribution < -0.4 is 0 Å². The fourth-order valence-electron chi connectivity index (χ4n) is 2.31. The van der Waals surface area contributed by atoms with Gasteiger partial charge in [0, 0.05) is 6.54 Å². The standard InChI is InChI=1S/C17H21FN2O5S/c1-3-4-5-10-20(11-16-19-15(12-25-16)17(21)24-2)26(22,23)14-8-6-13(18)7-9-14/h6-9,12H,3-5,10-11H2,1-2H3. The maximum atomic E-state index is 13.1. The number of hydrogen-bond acceptors (Lipinski definition) is 6. The zero-order valence-electron chi connectivity index (χ0n) is 14.6. The summed E-state index contributed by atoms with van der Waals surface area (Å²) < 4.78 is 49.8. The number of esters is 1. The minimum atomic E-state index is -3.86. The minimum Gasteiger partial charge on any atom is -0.464 e. The number of methoxy groups -OCH3 is 1. The summed E-state index contributed by atoms with van der Waals surface area (Å²) in [5, 5.41) is 0. The normalized spacial score (nSPS) is 11.7. The van der Waals surface area contributed by atoms with Crippen molar-refractivity contribution in [2.75, 3.05) is 13.7 Å². The molecule has 0 saturated heterocycles. The predicted octanol–water partition coefficient (Wildman–Crippen LogP) is 2.98. The van der Waals surface area contributed by atoms with Crippen LogP contribution in [0.1, 0.15) is 42.6 Å². The number of sulfonamides is 1. The van der Waals surface area contributed by atoms with Crippen LogP contribution in [0.15, 0.2) is 39.8 Å². The maximum absolute atomic E-state index is 13.1. The molecule has 0 fully saturated rings. The Labute approximate surface area is 151 Å². The number of carbonyl (C=O) groups is 1. The third kappa shape index (κ3) is 4.89. The van der Waals surface area contributed by atoms with Crippen molar-refractivity contribution in [3.8, 4) is 0 Å². The third-order valence-electron chi connectivity index (χ3n) is 3.72. The molecule has 0 bridgehead atoms. The van der Waals surface area contributed by atoms with E-state index in [2.05, 4.69) is 9.72 Å². The summed E-state index contributed by atoms with van der Waals surface area (Å²) in [5.41, 5.74) is -0.0322. The average molecular weight is 384 g/mol. The molecular formula is C17H21FN2O5S. The fourth-order valence-corrected chi connectivity index (χ4v) is 3.74. The molecule has 2 aromatic rings. The summed E-state index contributed by atoms with van der Waals surface area (Å²) in [4.78, 5) is 15.4. The molecule has 1 aromatic heterocycles. The largest absolute Gasteiger partial charge is 0.464 e. The van der Waals surface area contributed by atoms with Gasteiger partial charge in [0.05, 0.1) is 18.6 Å². The van der Waals surface area contributed by atoms with Crippen LogP contribution in [0, 0.1) is 5.82 Å². The monoisotopic (exact) mass is 384 g/mol. The van der Waals surface area contributed by atoms with E-state index in [1.54, 1.807) is 0 Å². The summed E-state index contributed by atoms with van der Waals surface area (Å²) >= 11 is 0. The van der Waals surface area contributed by atoms with Crippen molar-refractivity contribution in [2.24, 2.45) is 0 Å². The Morgan fingerprint density at radius 3 is 2.58 bits per heavy atom. The quantitative estimate of drug-likeness (QED) is 0.488. The van der Waals surface area contributed by atoms with Gasteiger partial charge in [-0.15, -0.1) is 0 Å². The highest BCUT2D eigenvalue weighted by Gasteiger charge is 2.26. The van der Waals surface area contributed by atoms with Crippen LogP contribution in [-0.2, 0) is 21.3 Å². The van der Waals surface area contributed by atoms with E-state index in [1.165, 1.54) is 23.5 Å². The Balaban J connectivity index is 2.26. The van der Waals surface area contributed by atoms with Gasteiger partial charge in [0.2, 0.25) is 15.9 Å². The Hall–Kier alpha value is -2.26. The van der Waals surface area contributed by atoms with Crippen LogP contribution in [0.25, 0.3) is 0 Å². The van der Waals surface area contributed by atoms with E-state index in [0.717, 1.165) is 31.2 Å². The fraction of sp³-hybridized carbons (Fsp3) is 0.412. The zero-order chi connectivity index (χ0) is 19.2. The molecular weight excluding hydrogens is 363 g/mol. The van der Waals surface area contributed by atoms with E-state index >= 15 is 0 Å². The van der Waals surface area contributed by atoms with Crippen LogP contribution in [0.5, 0.6) is 0 Å². The third-order valence-corrected chi connectivity index (χ3v) is 5.58. The van der Waals surface area contributed by atoms with E-state index in [0.29, 0.717) is 6.42 Å². The Morgan fingerprint density at radius 2 is 1.96 bits per heavy atom. The summed E-state index contributed by atoms with van der Waals surface area (Å²) in [6, 6.07) is 4.62. The highest BCUT2D eigenvalue weighted by molar-refractivity contribution is 7.89. The lowest BCUT2D eigenvalue weighted by atomic mass is 10.2. The second kappa shape index (κ2) is 8.91. The molecule has 1 heterocycles. The van der Waals surface area contributed by atoms with Crippen molar-refractivity contribution in [2.45, 2.75) is 37.6 Å². The number of hydrogen-bond donors (Lipinski definition) is 0. The van der Waals surface area contributed by atoms with Gasteiger partial charge in [-0.2, -0.15) is 4.31 Å². The summed E-state index contributed by atoms with van der Waals surface area (Å²) in [7, 11) is -2.65. The molecule has 0 atom stereocenters. The molecule has 0 aliphatic rings. The summed E-state index contributed by atoms with van der Waals surface area (Å²) in [6.07, 6.45) is 3.56. The van der Waals surface area contributed by atoms with E-state index in [-0.39, 0.29) is 29.6 Å². The first-order chi connectivity index (χ1) is 12.4. The van der Waals surface area contributed by atoms with Gasteiger partial charge >= 0.3 is 5.97 Å². The molecule has 142 valence electrons. The smallest absolute Gasteiger partial charge is 0.360 e. The lowest BCUT2D eigenvalue weighted by Gasteiger charge is -2.20. The van der Waals surface area contributed by atoms with Gasteiger partial charge < -0.3 is 9.15 Å². The Morgan fingerprint density at radius 1 is 1.27 bits per heavy atom. The van der Waals surface area contributed by atoms with Crippen LogP contribution in [-0.4, -0.2) is 37.3 Å². The molecule has 0 saturated carbocycles. The Bertz CT molecular complexity index is 833. The number of ether oxygens (including phenoxy) is 1. The number of halogens is 1. The van der Waals surface area contributed by atoms with Crippen LogP contribution >= 0.6 is 0 Å². The lowest BCUT2D eigenvalue weighted by molar-refractivity contribution is 0.0594. The van der Waals surface area contributed by atoms with Crippen LogP contribution in [0.4, 0.5) is 4.39 Å². The number of rotatable bonds is 9. The number of carbonyl (C=O) groups excluding carboxylic acids is 1. The maximum Gasteiger partial charge on any atom is 0.360 e. The molecule has 0 spiro atoms. The molecule has 0 N–H and O–H groups in total. The van der Waals surface area contributed by atoms with Crippen molar-refractivity contribution < 1.29 is 26.8 Å². The highest BCUT2D eigenvalue weighted by Crippen LogP contribution is 2.20. The zero-order valence-corrected chi connectivity index (χ0v) is 15.5. The van der Waals surface area contributed by atoms with E-state index in [4.69, 9.17) is 4.42 Å². The van der Waals surface area contributed by atoms with E-state index < -0.39 is 21.8 Å². The van der Waals surface area contributed by atoms with Gasteiger partial charge in [0.25, 0.3) is 0 Å². The molecule has 0 radical (unpaired) electrons. The first-order valence-corrected chi connectivity index (χ1v) is 9.61. The summed E-state index contributed by atoms with van der Waals surface area (Å²) in [6.45, 7) is 2.12. The topological polar surface area (TPSA) is 89.7 Å². The van der Waals surface area contributed by atoms with Crippen LogP contribution in [0.2, 0.25) is 0 Å². The van der Waals surface area contributed by atoms with Gasteiger partial charge in [-0.1, -0.05) is 19.8 Å². The highest BCUT2D eigenvalue weighted by atomic mass is 32.2. The van der Waals surface area contributed by atoms with Gasteiger partial charge in [-0.05, 0) is 30.7 Å². The number of oxazole rings is 1. The van der Waals surface area contributed by atoms with Crippen LogP contribution in [0.3, 0.4) is 0 Å². The molecule has 1 aromatic carbocycles. The van der Waals surface area contributed by atoms with Crippen molar-refractivity contribution in [3.05, 3.63) is 47.9 Å². The van der Waals surface area contributed by atoms with Gasteiger partial charge in [0.1, 0.15) is 12.1 Å². The molecule has 7 nitrogen and oxygen atoms in total. The van der Waals surface area contributed by atoms with Crippen molar-refractivity contribution in [1.82, 2.24) is 9.29 Å². The molecule has 2 rings (SSSR count). The average Bonchev–Trinajstić information content (AvgIpc) is 3.09. The SMILES string of the molecule is CCCCCN(Cc1nc(C(=O)OC)co1)S(=O)(=O)c1ccc(F)cc1. The predicted molar refractivity (Wildman–Crippen MR) is 91.4 cm³/mol. The number of unbranched alkanes of at least 4 members (excludes halogenated alkanes) is 2. The molecule has 0 unspecified atom stereocenters. The molecule has 9 heteroatoms. The van der Waals surface area contributed by atoms with Crippen molar-refractivity contribution >= 4 is 16.0 Å². The van der Waals surface area contributed by atoms with E-state index in [1.807, 2.05) is 6.92 Å².